The second kappa shape index (κ2) is 15.4. The van der Waals surface area contributed by atoms with Crippen molar-refractivity contribution in [1.29, 1.82) is 0 Å². The van der Waals surface area contributed by atoms with E-state index in [4.69, 9.17) is 5.73 Å². The highest BCUT2D eigenvalue weighted by molar-refractivity contribution is 5.96. The molecule has 0 fully saturated rings. The molecular formula is C33H35N5O9. The Morgan fingerprint density at radius 1 is 0.660 bits per heavy atom. The van der Waals surface area contributed by atoms with Gasteiger partial charge in [0.1, 0.15) is 29.6 Å². The van der Waals surface area contributed by atoms with E-state index in [9.17, 15) is 44.4 Å². The van der Waals surface area contributed by atoms with Crippen LogP contribution < -0.4 is 21.7 Å². The van der Waals surface area contributed by atoms with Gasteiger partial charge in [0.25, 0.3) is 0 Å². The Bertz CT molecular complexity index is 1740. The number of phenolic OH excluding ortho intramolecular Hbond substituents is 2. The molecule has 14 heteroatoms. The number of carbonyl (C=O) groups excluding carboxylic acids is 3. The maximum absolute atomic E-state index is 13.7. The molecule has 4 unspecified atom stereocenters. The smallest absolute Gasteiger partial charge is 0.326 e. The predicted octanol–water partition coefficient (Wildman–Crippen LogP) is 0.948. The Morgan fingerprint density at radius 3 is 1.79 bits per heavy atom. The molecule has 0 saturated carbocycles. The lowest BCUT2D eigenvalue weighted by Crippen LogP contribution is -2.58. The maximum atomic E-state index is 13.7. The Balaban J connectivity index is 1.54. The van der Waals surface area contributed by atoms with E-state index in [0.29, 0.717) is 16.7 Å². The number of rotatable bonds is 15. The lowest BCUT2D eigenvalue weighted by molar-refractivity contribution is -0.143. The molecule has 3 aromatic carbocycles. The highest BCUT2D eigenvalue weighted by atomic mass is 16.4. The van der Waals surface area contributed by atoms with Crippen molar-refractivity contribution in [3.63, 3.8) is 0 Å². The maximum Gasteiger partial charge on any atom is 0.326 e. The second-order valence-electron chi connectivity index (χ2n) is 11.0. The third-order valence-corrected chi connectivity index (χ3v) is 7.46. The van der Waals surface area contributed by atoms with E-state index in [2.05, 4.69) is 20.9 Å². The van der Waals surface area contributed by atoms with Crippen LogP contribution in [0.4, 0.5) is 0 Å². The van der Waals surface area contributed by atoms with E-state index in [-0.39, 0.29) is 30.8 Å². The lowest BCUT2D eigenvalue weighted by Gasteiger charge is -2.25. The SMILES string of the molecule is NC(Cc1ccc(O)cc1)C(=O)NC(Cc1c[nH]c2ccccc12)C(=O)NC(CC(=O)O)C(=O)NC(Cc1ccc(O)cc1)C(=O)O. The standard InChI is InChI=1S/C33H35N5O9/c34-24(13-18-5-9-21(39)10-6-18)30(43)36-26(15-20-17-35-25-4-2-1-3-23(20)25)31(44)37-27(16-29(41)42)32(45)38-28(33(46)47)14-19-7-11-22(40)12-8-19/h1-12,17,24,26-28,35,39-40H,13-16,34H2,(H,36,43)(H,37,44)(H,38,45)(H,41,42)(H,46,47). The van der Waals surface area contributed by atoms with Crippen LogP contribution in [0.1, 0.15) is 23.1 Å². The first-order chi connectivity index (χ1) is 22.4. The van der Waals surface area contributed by atoms with Gasteiger partial charge in [-0.25, -0.2) is 4.79 Å². The van der Waals surface area contributed by atoms with Crippen molar-refractivity contribution in [3.8, 4) is 11.5 Å². The number of amides is 3. The number of fused-ring (bicyclic) bond motifs is 1. The third kappa shape index (κ3) is 9.55. The fraction of sp³-hybridized carbons (Fsp3) is 0.242. The molecule has 0 aliphatic carbocycles. The molecule has 4 rings (SSSR count). The number of nitrogens with two attached hydrogens (primary N) is 1. The molecule has 0 spiro atoms. The van der Waals surface area contributed by atoms with Crippen LogP contribution in [0.3, 0.4) is 0 Å². The normalized spacial score (nSPS) is 13.6. The Labute approximate surface area is 268 Å². The molecule has 4 aromatic rings. The zero-order chi connectivity index (χ0) is 34.1. The number of aromatic hydroxyl groups is 2. The minimum Gasteiger partial charge on any atom is -0.508 e. The van der Waals surface area contributed by atoms with Crippen molar-refractivity contribution in [2.24, 2.45) is 5.73 Å². The van der Waals surface area contributed by atoms with Crippen LogP contribution in [0, 0.1) is 0 Å². The number of hydrogen-bond acceptors (Lipinski definition) is 8. The van der Waals surface area contributed by atoms with Crippen molar-refractivity contribution in [2.75, 3.05) is 0 Å². The number of hydrogen-bond donors (Lipinski definition) is 9. The molecule has 4 atom stereocenters. The summed E-state index contributed by atoms with van der Waals surface area (Å²) in [7, 11) is 0. The van der Waals surface area contributed by atoms with Crippen LogP contribution in [0.25, 0.3) is 10.9 Å². The van der Waals surface area contributed by atoms with Gasteiger partial charge in [-0.1, -0.05) is 42.5 Å². The number of aromatic nitrogens is 1. The Hall–Kier alpha value is -5.89. The molecular weight excluding hydrogens is 610 g/mol. The molecule has 0 saturated heterocycles. The topological polar surface area (TPSA) is 244 Å². The Morgan fingerprint density at radius 2 is 1.19 bits per heavy atom. The average Bonchev–Trinajstić information content (AvgIpc) is 3.44. The number of carbonyl (C=O) groups is 5. The van der Waals surface area contributed by atoms with Gasteiger partial charge < -0.3 is 47.1 Å². The largest absolute Gasteiger partial charge is 0.508 e. The van der Waals surface area contributed by atoms with Gasteiger partial charge in [-0.2, -0.15) is 0 Å². The van der Waals surface area contributed by atoms with E-state index in [1.807, 2.05) is 18.2 Å². The number of para-hydroxylation sites is 1. The first-order valence-electron chi connectivity index (χ1n) is 14.6. The van der Waals surface area contributed by atoms with Gasteiger partial charge in [0.05, 0.1) is 12.5 Å². The van der Waals surface area contributed by atoms with Crippen LogP contribution in [-0.2, 0) is 43.2 Å². The molecule has 47 heavy (non-hydrogen) atoms. The summed E-state index contributed by atoms with van der Waals surface area (Å²) in [4.78, 5) is 66.8. The van der Waals surface area contributed by atoms with E-state index in [0.717, 1.165) is 10.9 Å². The van der Waals surface area contributed by atoms with Gasteiger partial charge in [-0.15, -0.1) is 0 Å². The number of nitrogens with one attached hydrogen (secondary N) is 4. The molecule has 1 heterocycles. The van der Waals surface area contributed by atoms with Crippen LogP contribution in [-0.4, -0.2) is 79.2 Å². The number of carboxylic acid groups (broad SMARTS) is 2. The van der Waals surface area contributed by atoms with E-state index >= 15 is 0 Å². The number of benzene rings is 3. The highest BCUT2D eigenvalue weighted by Crippen LogP contribution is 2.20. The molecule has 0 aliphatic rings. The number of carboxylic acids is 2. The average molecular weight is 646 g/mol. The fourth-order valence-electron chi connectivity index (χ4n) is 4.98. The zero-order valence-corrected chi connectivity index (χ0v) is 25.1. The Kier molecular flexibility index (Phi) is 11.1. The van der Waals surface area contributed by atoms with Crippen LogP contribution in [0.5, 0.6) is 11.5 Å². The second-order valence-corrected chi connectivity index (χ2v) is 11.0. The molecule has 0 aliphatic heterocycles. The number of phenols is 2. The summed E-state index contributed by atoms with van der Waals surface area (Å²) >= 11 is 0. The first-order valence-corrected chi connectivity index (χ1v) is 14.6. The van der Waals surface area contributed by atoms with Gasteiger partial charge in [-0.3, -0.25) is 19.2 Å². The first kappa shape index (κ1) is 34.0. The summed E-state index contributed by atoms with van der Waals surface area (Å²) in [6, 6.07) is 13.4. The van der Waals surface area contributed by atoms with Gasteiger partial charge >= 0.3 is 11.9 Å². The lowest BCUT2D eigenvalue weighted by atomic mass is 10.0. The molecule has 10 N–H and O–H groups in total. The minimum absolute atomic E-state index is 0.0375. The molecule has 0 radical (unpaired) electrons. The minimum atomic E-state index is -1.70. The molecule has 0 bridgehead atoms. The number of H-pyrrole nitrogens is 1. The number of aromatic amines is 1. The van der Waals surface area contributed by atoms with Crippen molar-refractivity contribution in [2.45, 2.75) is 49.9 Å². The quantitative estimate of drug-likeness (QED) is 0.0886. The number of aliphatic carboxylic acids is 2. The monoisotopic (exact) mass is 645 g/mol. The molecule has 14 nitrogen and oxygen atoms in total. The summed E-state index contributed by atoms with van der Waals surface area (Å²) in [5, 5.41) is 46.3. The van der Waals surface area contributed by atoms with E-state index in [1.54, 1.807) is 24.4 Å². The highest BCUT2D eigenvalue weighted by Gasteiger charge is 2.32. The summed E-state index contributed by atoms with van der Waals surface area (Å²) in [6.45, 7) is 0. The summed E-state index contributed by atoms with van der Waals surface area (Å²) in [5.41, 5.74) is 8.69. The van der Waals surface area contributed by atoms with Crippen LogP contribution in [0.15, 0.2) is 79.0 Å². The van der Waals surface area contributed by atoms with E-state index < -0.39 is 60.2 Å². The van der Waals surface area contributed by atoms with Gasteiger partial charge in [0.2, 0.25) is 17.7 Å². The predicted molar refractivity (Wildman–Crippen MR) is 169 cm³/mol. The molecule has 3 amide bonds. The van der Waals surface area contributed by atoms with E-state index in [1.165, 1.54) is 36.4 Å². The van der Waals surface area contributed by atoms with Crippen LogP contribution >= 0.6 is 0 Å². The van der Waals surface area contributed by atoms with Gasteiger partial charge in [0.15, 0.2) is 0 Å². The summed E-state index contributed by atoms with van der Waals surface area (Å²) in [6.07, 6.45) is 0.614. The fourth-order valence-corrected chi connectivity index (χ4v) is 4.98. The molecule has 246 valence electrons. The summed E-state index contributed by atoms with van der Waals surface area (Å²) < 4.78 is 0. The van der Waals surface area contributed by atoms with Crippen molar-refractivity contribution in [3.05, 3.63) is 95.7 Å². The van der Waals surface area contributed by atoms with Crippen LogP contribution in [0.2, 0.25) is 0 Å². The molecule has 1 aromatic heterocycles. The van der Waals surface area contributed by atoms with Crippen molar-refractivity contribution >= 4 is 40.6 Å². The third-order valence-electron chi connectivity index (χ3n) is 7.46. The van der Waals surface area contributed by atoms with Crippen molar-refractivity contribution in [1.82, 2.24) is 20.9 Å². The van der Waals surface area contributed by atoms with Crippen molar-refractivity contribution < 1.29 is 44.4 Å². The zero-order valence-electron chi connectivity index (χ0n) is 25.1. The van der Waals surface area contributed by atoms with Gasteiger partial charge in [-0.05, 0) is 53.4 Å². The van der Waals surface area contributed by atoms with Gasteiger partial charge in [0, 0.05) is 29.9 Å². The summed E-state index contributed by atoms with van der Waals surface area (Å²) in [5.74, 6) is -5.50.